The average Bonchev–Trinajstić information content (AvgIpc) is 3.21. The minimum absolute atomic E-state index is 0.0412. The lowest BCUT2D eigenvalue weighted by Gasteiger charge is -2.24. The first-order valence-corrected chi connectivity index (χ1v) is 13.6. The molecule has 0 fully saturated rings. The van der Waals surface area contributed by atoms with Crippen molar-refractivity contribution in [2.24, 2.45) is 5.92 Å². The van der Waals surface area contributed by atoms with Crippen LogP contribution >= 0.6 is 0 Å². The normalized spacial score (nSPS) is 14.0. The van der Waals surface area contributed by atoms with Crippen LogP contribution in [0.5, 0.6) is 0 Å². The lowest BCUT2D eigenvalue weighted by molar-refractivity contribution is -0.155. The van der Waals surface area contributed by atoms with Gasteiger partial charge in [0.2, 0.25) is 5.91 Å². The Morgan fingerprint density at radius 2 is 1.45 bits per heavy atom. The third kappa shape index (κ3) is 8.31. The summed E-state index contributed by atoms with van der Waals surface area (Å²) in [6.45, 7) is 9.14. The van der Waals surface area contributed by atoms with Crippen LogP contribution in [0.3, 0.4) is 0 Å². The van der Waals surface area contributed by atoms with Gasteiger partial charge in [0.1, 0.15) is 24.3 Å². The molecule has 0 saturated heterocycles. The van der Waals surface area contributed by atoms with E-state index in [4.69, 9.17) is 14.2 Å². The first-order chi connectivity index (χ1) is 18.9. The Balaban J connectivity index is 1.71. The fourth-order valence-corrected chi connectivity index (χ4v) is 4.81. The summed E-state index contributed by atoms with van der Waals surface area (Å²) in [6, 6.07) is 13.9. The van der Waals surface area contributed by atoms with Crippen molar-refractivity contribution in [3.8, 4) is 11.1 Å². The minimum atomic E-state index is -1.14. The molecule has 2 N–H and O–H groups in total. The summed E-state index contributed by atoms with van der Waals surface area (Å²) in [5.74, 6) is -1.77. The number of nitrogens with one attached hydrogen (secondary N) is 2. The van der Waals surface area contributed by atoms with Gasteiger partial charge in [0.05, 0.1) is 7.11 Å². The van der Waals surface area contributed by atoms with Gasteiger partial charge in [0.15, 0.2) is 0 Å². The maximum absolute atomic E-state index is 13.2. The number of hydrogen-bond acceptors (Lipinski definition) is 7. The molecule has 0 heterocycles. The molecule has 0 radical (unpaired) electrons. The zero-order chi connectivity index (χ0) is 29.4. The van der Waals surface area contributed by atoms with Crippen LogP contribution in [0.15, 0.2) is 48.5 Å². The first kappa shape index (κ1) is 30.7. The molecule has 2 amide bonds. The van der Waals surface area contributed by atoms with Crippen molar-refractivity contribution in [1.82, 2.24) is 10.6 Å². The van der Waals surface area contributed by atoms with Crippen LogP contribution in [0.4, 0.5) is 4.79 Å². The van der Waals surface area contributed by atoms with E-state index < -0.39 is 41.6 Å². The maximum atomic E-state index is 13.2. The lowest BCUT2D eigenvalue weighted by Crippen LogP contribution is -2.52. The zero-order valence-electron chi connectivity index (χ0n) is 24.1. The van der Waals surface area contributed by atoms with Crippen molar-refractivity contribution in [2.75, 3.05) is 13.7 Å². The van der Waals surface area contributed by atoms with Crippen molar-refractivity contribution in [1.29, 1.82) is 0 Å². The molecule has 1 aliphatic carbocycles. The second-order valence-electron chi connectivity index (χ2n) is 11.4. The Morgan fingerprint density at radius 1 is 0.875 bits per heavy atom. The predicted molar refractivity (Wildman–Crippen MR) is 150 cm³/mol. The van der Waals surface area contributed by atoms with Crippen LogP contribution < -0.4 is 10.6 Å². The maximum Gasteiger partial charge on any atom is 0.407 e. The Bertz CT molecular complexity index is 1170. The number of carbonyl (C=O) groups is 4. The van der Waals surface area contributed by atoms with Crippen molar-refractivity contribution in [3.63, 3.8) is 0 Å². The molecule has 9 heteroatoms. The van der Waals surface area contributed by atoms with E-state index in [2.05, 4.69) is 10.6 Å². The predicted octanol–water partition coefficient (Wildman–Crippen LogP) is 4.72. The van der Waals surface area contributed by atoms with Crippen LogP contribution in [0.25, 0.3) is 11.1 Å². The SMILES string of the molecule is COC(=O)[C@H](CC(C)C)NC(=O)[C@H](CCC(=O)OC(C)(C)C)NC(=O)OCC1c2ccccc2-c2ccccc21. The molecule has 0 aliphatic heterocycles. The number of esters is 2. The second kappa shape index (κ2) is 13.5. The van der Waals surface area contributed by atoms with E-state index >= 15 is 0 Å². The first-order valence-electron chi connectivity index (χ1n) is 13.6. The molecule has 1 aliphatic rings. The Kier molecular flexibility index (Phi) is 10.3. The van der Waals surface area contributed by atoms with Crippen LogP contribution in [-0.4, -0.2) is 55.3 Å². The molecule has 0 aromatic heterocycles. The standard InChI is InChI=1S/C31H40N2O7/c1-19(2)17-26(29(36)38-6)32-28(35)25(15-16-27(34)40-31(3,4)5)33-30(37)39-18-24-22-13-9-7-11-20(22)21-12-8-10-14-23(21)24/h7-14,19,24-26H,15-18H2,1-6H3,(H,32,35)(H,33,37)/t25-,26-/m0/s1. The number of ether oxygens (including phenoxy) is 3. The van der Waals surface area contributed by atoms with Gasteiger partial charge in [-0.05, 0) is 61.8 Å². The van der Waals surface area contributed by atoms with Crippen LogP contribution in [-0.2, 0) is 28.6 Å². The van der Waals surface area contributed by atoms with Crippen molar-refractivity contribution >= 4 is 23.9 Å². The summed E-state index contributed by atoms with van der Waals surface area (Å²) in [4.78, 5) is 50.8. The lowest BCUT2D eigenvalue weighted by atomic mass is 9.98. The summed E-state index contributed by atoms with van der Waals surface area (Å²) in [5, 5.41) is 5.25. The molecule has 3 rings (SSSR count). The van der Waals surface area contributed by atoms with Crippen LogP contribution in [0, 0.1) is 5.92 Å². The van der Waals surface area contributed by atoms with E-state index in [9.17, 15) is 19.2 Å². The van der Waals surface area contributed by atoms with Crippen molar-refractivity contribution in [2.45, 2.75) is 77.5 Å². The van der Waals surface area contributed by atoms with Gasteiger partial charge in [-0.2, -0.15) is 0 Å². The highest BCUT2D eigenvalue weighted by Crippen LogP contribution is 2.44. The van der Waals surface area contributed by atoms with Gasteiger partial charge in [-0.15, -0.1) is 0 Å². The highest BCUT2D eigenvalue weighted by molar-refractivity contribution is 5.90. The summed E-state index contributed by atoms with van der Waals surface area (Å²) < 4.78 is 15.8. The summed E-state index contributed by atoms with van der Waals surface area (Å²) in [7, 11) is 1.25. The highest BCUT2D eigenvalue weighted by atomic mass is 16.6. The number of carbonyl (C=O) groups excluding carboxylic acids is 4. The molecule has 2 atom stereocenters. The Labute approximate surface area is 236 Å². The Morgan fingerprint density at radius 3 is 1.98 bits per heavy atom. The third-order valence-electron chi connectivity index (χ3n) is 6.52. The summed E-state index contributed by atoms with van der Waals surface area (Å²) in [5.41, 5.74) is 3.62. The quantitative estimate of drug-likeness (QED) is 0.306. The molecule has 216 valence electrons. The monoisotopic (exact) mass is 552 g/mol. The molecule has 40 heavy (non-hydrogen) atoms. The van der Waals surface area contributed by atoms with Gasteiger partial charge in [-0.1, -0.05) is 62.4 Å². The number of benzene rings is 2. The number of methoxy groups -OCH3 is 1. The summed E-state index contributed by atoms with van der Waals surface area (Å²) in [6.07, 6.45) is -0.612. The smallest absolute Gasteiger partial charge is 0.407 e. The fraction of sp³-hybridized carbons (Fsp3) is 0.484. The topological polar surface area (TPSA) is 120 Å². The van der Waals surface area contributed by atoms with E-state index in [1.807, 2.05) is 62.4 Å². The second-order valence-corrected chi connectivity index (χ2v) is 11.4. The fourth-order valence-electron chi connectivity index (χ4n) is 4.81. The van der Waals surface area contributed by atoms with E-state index in [0.29, 0.717) is 6.42 Å². The molecule has 0 unspecified atom stereocenters. The van der Waals surface area contributed by atoms with E-state index in [1.165, 1.54) is 7.11 Å². The molecule has 2 aromatic rings. The minimum Gasteiger partial charge on any atom is -0.467 e. The number of hydrogen-bond donors (Lipinski definition) is 2. The van der Waals surface area contributed by atoms with Crippen LogP contribution in [0.2, 0.25) is 0 Å². The van der Waals surface area contributed by atoms with Gasteiger partial charge in [0.25, 0.3) is 0 Å². The largest absolute Gasteiger partial charge is 0.467 e. The van der Waals surface area contributed by atoms with E-state index in [0.717, 1.165) is 22.3 Å². The van der Waals surface area contributed by atoms with Crippen LogP contribution in [0.1, 0.15) is 70.9 Å². The van der Waals surface area contributed by atoms with Gasteiger partial charge < -0.3 is 24.8 Å². The van der Waals surface area contributed by atoms with E-state index in [1.54, 1.807) is 20.8 Å². The average molecular weight is 553 g/mol. The van der Waals surface area contributed by atoms with Gasteiger partial charge >= 0.3 is 18.0 Å². The number of amides is 2. The third-order valence-corrected chi connectivity index (χ3v) is 6.52. The van der Waals surface area contributed by atoms with Gasteiger partial charge in [-0.3, -0.25) is 9.59 Å². The number of alkyl carbamates (subject to hydrolysis) is 1. The molecular weight excluding hydrogens is 512 g/mol. The summed E-state index contributed by atoms with van der Waals surface area (Å²) >= 11 is 0. The molecule has 2 aromatic carbocycles. The van der Waals surface area contributed by atoms with Crippen molar-refractivity contribution < 1.29 is 33.4 Å². The highest BCUT2D eigenvalue weighted by Gasteiger charge is 2.32. The van der Waals surface area contributed by atoms with Gasteiger partial charge in [-0.25, -0.2) is 9.59 Å². The molecule has 0 bridgehead atoms. The van der Waals surface area contributed by atoms with Gasteiger partial charge in [0, 0.05) is 12.3 Å². The number of fused-ring (bicyclic) bond motifs is 3. The molecular formula is C31H40N2O7. The van der Waals surface area contributed by atoms with Crippen molar-refractivity contribution in [3.05, 3.63) is 59.7 Å². The molecule has 9 nitrogen and oxygen atoms in total. The molecule has 0 spiro atoms. The van der Waals surface area contributed by atoms with E-state index in [-0.39, 0.29) is 31.3 Å². The molecule has 0 saturated carbocycles. The zero-order valence-corrected chi connectivity index (χ0v) is 24.1. The Hall–Kier alpha value is -3.88. The number of rotatable bonds is 11.